The van der Waals surface area contributed by atoms with Crippen LogP contribution in [0.15, 0.2) is 24.3 Å². The highest BCUT2D eigenvalue weighted by atomic mass is 32.2. The van der Waals surface area contributed by atoms with Crippen LogP contribution in [-0.4, -0.2) is 43.6 Å². The first-order valence-corrected chi connectivity index (χ1v) is 8.10. The quantitative estimate of drug-likeness (QED) is 0.789. The molecule has 108 valence electrons. The molecule has 2 atom stereocenters. The number of nitrogens with one attached hydrogen (secondary N) is 1. The van der Waals surface area contributed by atoms with Gasteiger partial charge in [-0.25, -0.2) is 4.39 Å². The Morgan fingerprint density at radius 2 is 2.05 bits per heavy atom. The van der Waals surface area contributed by atoms with Crippen LogP contribution < -0.4 is 5.32 Å². The Hall–Kier alpha value is -0.580. The van der Waals surface area contributed by atoms with Crippen LogP contribution in [-0.2, 0) is 0 Å². The lowest BCUT2D eigenvalue weighted by atomic mass is 10.0. The van der Waals surface area contributed by atoms with Gasteiger partial charge >= 0.3 is 0 Å². The second-order valence-corrected chi connectivity index (χ2v) is 5.85. The molecule has 1 rings (SSSR count). The lowest BCUT2D eigenvalue weighted by Crippen LogP contribution is -2.34. The summed E-state index contributed by atoms with van der Waals surface area (Å²) in [6.07, 6.45) is 3.03. The van der Waals surface area contributed by atoms with E-state index >= 15 is 0 Å². The average Bonchev–Trinajstić information content (AvgIpc) is 2.41. The van der Waals surface area contributed by atoms with Gasteiger partial charge in [-0.2, -0.15) is 11.8 Å². The van der Waals surface area contributed by atoms with Gasteiger partial charge in [0.1, 0.15) is 5.82 Å². The van der Waals surface area contributed by atoms with E-state index in [0.29, 0.717) is 6.04 Å². The average molecular weight is 284 g/mol. The molecular formula is C15H25FN2S. The molecule has 2 nitrogen and oxygen atoms in total. The lowest BCUT2D eigenvalue weighted by molar-refractivity contribution is 0.261. The van der Waals surface area contributed by atoms with Gasteiger partial charge in [0.2, 0.25) is 0 Å². The minimum atomic E-state index is -0.123. The molecule has 0 fully saturated rings. The van der Waals surface area contributed by atoms with Crippen LogP contribution in [0.25, 0.3) is 0 Å². The number of nitrogens with zero attached hydrogens (tertiary/aromatic N) is 1. The van der Waals surface area contributed by atoms with E-state index in [2.05, 4.69) is 30.4 Å². The van der Waals surface area contributed by atoms with Crippen molar-refractivity contribution in [2.75, 3.05) is 32.6 Å². The number of halogens is 1. The highest BCUT2D eigenvalue weighted by molar-refractivity contribution is 7.98. The predicted octanol–water partition coefficient (Wildman–Crippen LogP) is 3.16. The van der Waals surface area contributed by atoms with Gasteiger partial charge in [-0.1, -0.05) is 18.2 Å². The third kappa shape index (κ3) is 5.13. The molecule has 19 heavy (non-hydrogen) atoms. The lowest BCUT2D eigenvalue weighted by Gasteiger charge is -2.26. The molecule has 1 aromatic carbocycles. The Bertz CT molecular complexity index is 373. The summed E-state index contributed by atoms with van der Waals surface area (Å²) in [6, 6.07) is 7.64. The van der Waals surface area contributed by atoms with Gasteiger partial charge in [-0.3, -0.25) is 0 Å². The van der Waals surface area contributed by atoms with Gasteiger partial charge in [0.15, 0.2) is 0 Å². The first-order chi connectivity index (χ1) is 9.10. The van der Waals surface area contributed by atoms with E-state index in [1.54, 1.807) is 6.07 Å². The van der Waals surface area contributed by atoms with Gasteiger partial charge in [0, 0.05) is 23.4 Å². The van der Waals surface area contributed by atoms with Crippen LogP contribution in [0.1, 0.15) is 24.9 Å². The van der Waals surface area contributed by atoms with Crippen molar-refractivity contribution in [3.8, 4) is 0 Å². The summed E-state index contributed by atoms with van der Waals surface area (Å²) in [5.74, 6) is 1.00. The number of hydrogen-bond donors (Lipinski definition) is 1. The molecule has 0 aliphatic carbocycles. The Kier molecular flexibility index (Phi) is 7.42. The van der Waals surface area contributed by atoms with Gasteiger partial charge in [0.05, 0.1) is 0 Å². The molecule has 0 saturated carbocycles. The summed E-state index contributed by atoms with van der Waals surface area (Å²) in [5, 5.41) is 3.21. The molecular weight excluding hydrogens is 259 g/mol. The van der Waals surface area contributed by atoms with Crippen molar-refractivity contribution in [3.05, 3.63) is 35.6 Å². The fraction of sp³-hybridized carbons (Fsp3) is 0.600. The molecule has 4 heteroatoms. The third-order valence-corrected chi connectivity index (χ3v) is 4.38. The Balaban J connectivity index is 2.56. The topological polar surface area (TPSA) is 15.3 Å². The normalized spacial score (nSPS) is 14.6. The van der Waals surface area contributed by atoms with E-state index in [0.717, 1.165) is 24.3 Å². The summed E-state index contributed by atoms with van der Waals surface area (Å²) >= 11 is 1.86. The van der Waals surface area contributed by atoms with E-state index < -0.39 is 0 Å². The van der Waals surface area contributed by atoms with Crippen molar-refractivity contribution in [2.45, 2.75) is 25.4 Å². The maximum atomic E-state index is 13.8. The molecule has 0 heterocycles. The maximum absolute atomic E-state index is 13.8. The Labute approximate surface area is 120 Å². The van der Waals surface area contributed by atoms with Gasteiger partial charge in [-0.15, -0.1) is 0 Å². The number of benzene rings is 1. The van der Waals surface area contributed by atoms with Crippen molar-refractivity contribution in [1.82, 2.24) is 10.2 Å². The Morgan fingerprint density at radius 1 is 1.37 bits per heavy atom. The molecule has 0 aromatic heterocycles. The smallest absolute Gasteiger partial charge is 0.127 e. The fourth-order valence-corrected chi connectivity index (χ4v) is 2.87. The third-order valence-electron chi connectivity index (χ3n) is 3.56. The molecule has 1 aromatic rings. The highest BCUT2D eigenvalue weighted by Gasteiger charge is 2.15. The van der Waals surface area contributed by atoms with E-state index in [1.165, 1.54) is 6.07 Å². The summed E-state index contributed by atoms with van der Waals surface area (Å²) in [6.45, 7) is 3.19. The van der Waals surface area contributed by atoms with Crippen LogP contribution in [0.5, 0.6) is 0 Å². The van der Waals surface area contributed by atoms with E-state index in [9.17, 15) is 4.39 Å². The summed E-state index contributed by atoms with van der Waals surface area (Å²) in [5.41, 5.74) is 0.760. The van der Waals surface area contributed by atoms with E-state index in [-0.39, 0.29) is 11.9 Å². The fourth-order valence-electron chi connectivity index (χ4n) is 2.13. The van der Waals surface area contributed by atoms with E-state index in [1.807, 2.05) is 30.9 Å². The molecule has 0 aliphatic heterocycles. The van der Waals surface area contributed by atoms with Gasteiger partial charge < -0.3 is 10.2 Å². The molecule has 0 bridgehead atoms. The highest BCUT2D eigenvalue weighted by Crippen LogP contribution is 2.20. The molecule has 0 radical (unpaired) electrons. The molecule has 0 aliphatic rings. The molecule has 0 saturated heterocycles. The van der Waals surface area contributed by atoms with Crippen LogP contribution in [0.4, 0.5) is 4.39 Å². The van der Waals surface area contributed by atoms with Crippen LogP contribution >= 0.6 is 11.8 Å². The number of thioether (sulfide) groups is 1. The van der Waals surface area contributed by atoms with Crippen LogP contribution in [0.3, 0.4) is 0 Å². The van der Waals surface area contributed by atoms with Crippen LogP contribution in [0.2, 0.25) is 0 Å². The molecule has 0 amide bonds. The molecule has 0 spiro atoms. The largest absolute Gasteiger partial charge is 0.313 e. The number of rotatable bonds is 8. The standard InChI is InChI=1S/C15H25FN2S/c1-12(11-19-4)18(3)10-9-15(17-2)13-7-5-6-8-14(13)16/h5-8,12,15,17H,9-11H2,1-4H3. The monoisotopic (exact) mass is 284 g/mol. The summed E-state index contributed by atoms with van der Waals surface area (Å²) in [4.78, 5) is 2.34. The van der Waals surface area contributed by atoms with Crippen molar-refractivity contribution in [1.29, 1.82) is 0 Å². The van der Waals surface area contributed by atoms with Crippen molar-refractivity contribution in [3.63, 3.8) is 0 Å². The van der Waals surface area contributed by atoms with Crippen molar-refractivity contribution >= 4 is 11.8 Å². The summed E-state index contributed by atoms with van der Waals surface area (Å²) < 4.78 is 13.8. The number of hydrogen-bond acceptors (Lipinski definition) is 3. The molecule has 2 unspecified atom stereocenters. The summed E-state index contributed by atoms with van der Waals surface area (Å²) in [7, 11) is 4.03. The first kappa shape index (κ1) is 16.5. The molecule has 1 N–H and O–H groups in total. The second-order valence-electron chi connectivity index (χ2n) is 4.94. The minimum Gasteiger partial charge on any atom is -0.313 e. The maximum Gasteiger partial charge on any atom is 0.127 e. The first-order valence-electron chi connectivity index (χ1n) is 6.71. The zero-order valence-electron chi connectivity index (χ0n) is 12.3. The van der Waals surface area contributed by atoms with Crippen LogP contribution in [0, 0.1) is 5.82 Å². The SMILES string of the molecule is CNC(CCN(C)C(C)CSC)c1ccccc1F. The zero-order chi connectivity index (χ0) is 14.3. The second kappa shape index (κ2) is 8.56. The van der Waals surface area contributed by atoms with Crippen molar-refractivity contribution < 1.29 is 4.39 Å². The van der Waals surface area contributed by atoms with E-state index in [4.69, 9.17) is 0 Å². The van der Waals surface area contributed by atoms with Crippen molar-refractivity contribution in [2.24, 2.45) is 0 Å². The minimum absolute atomic E-state index is 0.0742. The zero-order valence-corrected chi connectivity index (χ0v) is 13.1. The Morgan fingerprint density at radius 3 is 2.63 bits per heavy atom. The van der Waals surface area contributed by atoms with Gasteiger partial charge in [0.25, 0.3) is 0 Å². The van der Waals surface area contributed by atoms with Gasteiger partial charge in [-0.05, 0) is 46.3 Å². The predicted molar refractivity (Wildman–Crippen MR) is 83.3 cm³/mol.